The average molecular weight is 258 g/mol. The lowest BCUT2D eigenvalue weighted by Gasteiger charge is -2.10. The van der Waals surface area contributed by atoms with Crippen LogP contribution >= 0.6 is 23.4 Å². The van der Waals surface area contributed by atoms with Crippen molar-refractivity contribution in [1.29, 1.82) is 0 Å². The van der Waals surface area contributed by atoms with E-state index >= 15 is 0 Å². The molecule has 1 atom stereocenters. The lowest BCUT2D eigenvalue weighted by molar-refractivity contribution is 0.109. The van der Waals surface area contributed by atoms with Crippen molar-refractivity contribution in [2.75, 3.05) is 18.1 Å². The number of hydrogen-bond acceptors (Lipinski definition) is 3. The molecule has 1 aliphatic heterocycles. The number of thioether (sulfide) groups is 1. The normalized spacial score (nSPS) is 20.2. The van der Waals surface area contributed by atoms with Crippen LogP contribution in [0, 0.1) is 0 Å². The minimum absolute atomic E-state index is 0.441. The summed E-state index contributed by atoms with van der Waals surface area (Å²) in [5, 5.41) is 0.748. The van der Waals surface area contributed by atoms with E-state index in [1.165, 1.54) is 12.8 Å². The van der Waals surface area contributed by atoms with Gasteiger partial charge in [-0.2, -0.15) is 0 Å². The fraction of sp³-hybridized carbons (Fsp3) is 0.500. The third-order valence-electron chi connectivity index (χ3n) is 2.71. The molecule has 1 aromatic rings. The summed E-state index contributed by atoms with van der Waals surface area (Å²) in [6.07, 6.45) is 3.91. The first kappa shape index (κ1) is 12.1. The molecule has 88 valence electrons. The van der Waals surface area contributed by atoms with Crippen molar-refractivity contribution in [2.24, 2.45) is 0 Å². The standard InChI is InChI=1S/C12H16ClNOS/c13-10-4-1-5-11(14)12(10)16-8-6-9-3-2-7-15-9/h1,4-5,9H,2-3,6-8,14H2. The number of nitrogen functional groups attached to an aromatic ring is 1. The van der Waals surface area contributed by atoms with Crippen LogP contribution in [-0.2, 0) is 4.74 Å². The SMILES string of the molecule is Nc1cccc(Cl)c1SCCC1CCCO1. The molecular formula is C12H16ClNOS. The van der Waals surface area contributed by atoms with Gasteiger partial charge in [0.05, 0.1) is 11.1 Å². The molecule has 2 nitrogen and oxygen atoms in total. The van der Waals surface area contributed by atoms with Crippen LogP contribution in [-0.4, -0.2) is 18.5 Å². The van der Waals surface area contributed by atoms with Crippen LogP contribution < -0.4 is 5.73 Å². The minimum Gasteiger partial charge on any atom is -0.398 e. The summed E-state index contributed by atoms with van der Waals surface area (Å²) in [5.74, 6) is 1.01. The first-order valence-electron chi connectivity index (χ1n) is 5.56. The molecule has 1 aliphatic rings. The lowest BCUT2D eigenvalue weighted by Crippen LogP contribution is -2.05. The third kappa shape index (κ3) is 3.06. The second-order valence-electron chi connectivity index (χ2n) is 3.93. The van der Waals surface area contributed by atoms with Gasteiger partial charge in [0.1, 0.15) is 0 Å². The van der Waals surface area contributed by atoms with Gasteiger partial charge >= 0.3 is 0 Å². The van der Waals surface area contributed by atoms with Crippen LogP contribution in [0.3, 0.4) is 0 Å². The molecular weight excluding hydrogens is 242 g/mol. The maximum absolute atomic E-state index is 6.09. The molecule has 1 saturated heterocycles. The largest absolute Gasteiger partial charge is 0.398 e. The average Bonchev–Trinajstić information content (AvgIpc) is 2.75. The summed E-state index contributed by atoms with van der Waals surface area (Å²) >= 11 is 7.82. The molecule has 2 N–H and O–H groups in total. The Morgan fingerprint density at radius 2 is 2.38 bits per heavy atom. The predicted molar refractivity (Wildman–Crippen MR) is 70.2 cm³/mol. The second kappa shape index (κ2) is 5.80. The zero-order chi connectivity index (χ0) is 11.4. The number of benzene rings is 1. The number of hydrogen-bond donors (Lipinski definition) is 1. The molecule has 0 radical (unpaired) electrons. The van der Waals surface area contributed by atoms with E-state index in [1.807, 2.05) is 18.2 Å². The van der Waals surface area contributed by atoms with Gasteiger partial charge in [-0.05, 0) is 31.4 Å². The topological polar surface area (TPSA) is 35.2 Å². The van der Waals surface area contributed by atoms with Crippen molar-refractivity contribution in [1.82, 2.24) is 0 Å². The van der Waals surface area contributed by atoms with Crippen molar-refractivity contribution >= 4 is 29.1 Å². The maximum atomic E-state index is 6.09. The molecule has 1 fully saturated rings. The molecule has 1 unspecified atom stereocenters. The van der Waals surface area contributed by atoms with E-state index in [4.69, 9.17) is 22.1 Å². The van der Waals surface area contributed by atoms with Crippen molar-refractivity contribution < 1.29 is 4.74 Å². The van der Waals surface area contributed by atoms with E-state index < -0.39 is 0 Å². The molecule has 16 heavy (non-hydrogen) atoms. The van der Waals surface area contributed by atoms with Crippen LogP contribution in [0.4, 0.5) is 5.69 Å². The molecule has 1 heterocycles. The molecule has 0 saturated carbocycles. The maximum Gasteiger partial charge on any atom is 0.0584 e. The van der Waals surface area contributed by atoms with E-state index in [2.05, 4.69) is 0 Å². The van der Waals surface area contributed by atoms with Crippen molar-refractivity contribution in [3.8, 4) is 0 Å². The van der Waals surface area contributed by atoms with Crippen LogP contribution in [0.15, 0.2) is 23.1 Å². The van der Waals surface area contributed by atoms with Gasteiger partial charge in [-0.15, -0.1) is 11.8 Å². The monoisotopic (exact) mass is 257 g/mol. The summed E-state index contributed by atoms with van der Waals surface area (Å²) in [6, 6.07) is 5.65. The van der Waals surface area contributed by atoms with Gasteiger partial charge in [0, 0.05) is 22.9 Å². The predicted octanol–water partition coefficient (Wildman–Crippen LogP) is 3.58. The first-order valence-corrected chi connectivity index (χ1v) is 6.92. The Labute approximate surface area is 105 Å². The van der Waals surface area contributed by atoms with Gasteiger partial charge in [-0.25, -0.2) is 0 Å². The highest BCUT2D eigenvalue weighted by molar-refractivity contribution is 7.99. The van der Waals surface area contributed by atoms with Gasteiger partial charge in [-0.3, -0.25) is 0 Å². The fourth-order valence-corrected chi connectivity index (χ4v) is 3.21. The molecule has 0 amide bonds. The zero-order valence-electron chi connectivity index (χ0n) is 9.12. The van der Waals surface area contributed by atoms with Crippen molar-refractivity contribution in [2.45, 2.75) is 30.3 Å². The van der Waals surface area contributed by atoms with Crippen LogP contribution in [0.2, 0.25) is 5.02 Å². The highest BCUT2D eigenvalue weighted by Crippen LogP contribution is 2.33. The molecule has 1 aromatic carbocycles. The summed E-state index contributed by atoms with van der Waals surface area (Å²) in [5.41, 5.74) is 6.65. The van der Waals surface area contributed by atoms with Gasteiger partial charge in [-0.1, -0.05) is 17.7 Å². The Balaban J connectivity index is 1.84. The second-order valence-corrected chi connectivity index (χ2v) is 5.44. The summed E-state index contributed by atoms with van der Waals surface area (Å²) < 4.78 is 5.57. The molecule has 2 rings (SSSR count). The van der Waals surface area contributed by atoms with Crippen LogP contribution in [0.5, 0.6) is 0 Å². The minimum atomic E-state index is 0.441. The quantitative estimate of drug-likeness (QED) is 0.661. The lowest BCUT2D eigenvalue weighted by atomic mass is 10.2. The Hall–Kier alpha value is -0.380. The summed E-state index contributed by atoms with van der Waals surface area (Å²) in [7, 11) is 0. The number of anilines is 1. The van der Waals surface area contributed by atoms with E-state index in [-0.39, 0.29) is 0 Å². The Bertz CT molecular complexity index is 333. The molecule has 0 aliphatic carbocycles. The highest BCUT2D eigenvalue weighted by atomic mass is 35.5. The zero-order valence-corrected chi connectivity index (χ0v) is 10.7. The number of ether oxygens (including phenoxy) is 1. The first-order chi connectivity index (χ1) is 7.77. The van der Waals surface area contributed by atoms with Gasteiger partial charge in [0.15, 0.2) is 0 Å². The summed E-state index contributed by atoms with van der Waals surface area (Å²) in [4.78, 5) is 1.00. The third-order valence-corrected chi connectivity index (χ3v) is 4.32. The van der Waals surface area contributed by atoms with Gasteiger partial charge in [0.2, 0.25) is 0 Å². The Kier molecular flexibility index (Phi) is 4.38. The van der Waals surface area contributed by atoms with E-state index in [0.717, 1.165) is 34.4 Å². The summed E-state index contributed by atoms with van der Waals surface area (Å²) in [6.45, 7) is 0.920. The van der Waals surface area contributed by atoms with Crippen LogP contribution in [0.25, 0.3) is 0 Å². The van der Waals surface area contributed by atoms with E-state index in [0.29, 0.717) is 6.10 Å². The molecule has 0 bridgehead atoms. The van der Waals surface area contributed by atoms with Gasteiger partial charge in [0.25, 0.3) is 0 Å². The van der Waals surface area contributed by atoms with Crippen molar-refractivity contribution in [3.63, 3.8) is 0 Å². The Morgan fingerprint density at radius 3 is 3.06 bits per heavy atom. The smallest absolute Gasteiger partial charge is 0.0584 e. The number of rotatable bonds is 4. The number of nitrogens with two attached hydrogens (primary N) is 1. The highest BCUT2D eigenvalue weighted by Gasteiger charge is 2.15. The fourth-order valence-electron chi connectivity index (χ4n) is 1.84. The Morgan fingerprint density at radius 1 is 1.50 bits per heavy atom. The van der Waals surface area contributed by atoms with Crippen molar-refractivity contribution in [3.05, 3.63) is 23.2 Å². The van der Waals surface area contributed by atoms with E-state index in [9.17, 15) is 0 Å². The van der Waals surface area contributed by atoms with Gasteiger partial charge < -0.3 is 10.5 Å². The van der Waals surface area contributed by atoms with Crippen LogP contribution in [0.1, 0.15) is 19.3 Å². The van der Waals surface area contributed by atoms with E-state index in [1.54, 1.807) is 11.8 Å². The molecule has 4 heteroatoms. The number of halogens is 1. The molecule has 0 spiro atoms. The molecule has 0 aromatic heterocycles.